The lowest BCUT2D eigenvalue weighted by atomic mass is 10.1. The van der Waals surface area contributed by atoms with Gasteiger partial charge in [-0.3, -0.25) is 0 Å². The minimum atomic E-state index is -0.336. The third-order valence-corrected chi connectivity index (χ3v) is 1.70. The molecule has 68 valence electrons. The lowest BCUT2D eigenvalue weighted by Crippen LogP contribution is -2.29. The summed E-state index contributed by atoms with van der Waals surface area (Å²) in [6, 6.07) is -0.262. The van der Waals surface area contributed by atoms with Crippen molar-refractivity contribution in [2.75, 3.05) is 6.61 Å². The Morgan fingerprint density at radius 2 is 2.09 bits per heavy atom. The van der Waals surface area contributed by atoms with Crippen LogP contribution < -0.4 is 5.73 Å². The molecule has 0 heterocycles. The Kier molecular flexibility index (Phi) is 6.51. The molecule has 3 nitrogen and oxygen atoms in total. The van der Waals surface area contributed by atoms with Gasteiger partial charge in [-0.2, -0.15) is 0 Å². The smallest absolute Gasteiger partial charge is 0.0583 e. The number of hydrogen-bond donors (Lipinski definition) is 3. The summed E-state index contributed by atoms with van der Waals surface area (Å²) in [6.45, 7) is 2.04. The number of nitrogens with two attached hydrogens (primary N) is 1. The van der Waals surface area contributed by atoms with Gasteiger partial charge in [0.1, 0.15) is 0 Å². The third-order valence-electron chi connectivity index (χ3n) is 1.70. The quantitative estimate of drug-likeness (QED) is 0.523. The zero-order valence-electron chi connectivity index (χ0n) is 7.16. The first-order chi connectivity index (χ1) is 5.20. The number of aliphatic hydroxyl groups is 2. The molecule has 0 spiro atoms. The molecule has 0 aromatic carbocycles. The minimum Gasteiger partial charge on any atom is -0.395 e. The predicted molar refractivity (Wildman–Crippen MR) is 45.2 cm³/mol. The molecule has 3 heteroatoms. The van der Waals surface area contributed by atoms with Crippen molar-refractivity contribution in [2.45, 2.75) is 44.8 Å². The molecule has 0 radical (unpaired) electrons. The highest BCUT2D eigenvalue weighted by Gasteiger charge is 2.08. The zero-order chi connectivity index (χ0) is 8.69. The summed E-state index contributed by atoms with van der Waals surface area (Å²) in [4.78, 5) is 0. The first-order valence-corrected chi connectivity index (χ1v) is 4.25. The second-order valence-electron chi connectivity index (χ2n) is 2.97. The van der Waals surface area contributed by atoms with Gasteiger partial charge in [-0.15, -0.1) is 0 Å². The van der Waals surface area contributed by atoms with Gasteiger partial charge in [0.25, 0.3) is 0 Å². The van der Waals surface area contributed by atoms with E-state index in [4.69, 9.17) is 10.8 Å². The monoisotopic (exact) mass is 161 g/mol. The Labute approximate surface area is 68.2 Å². The minimum absolute atomic E-state index is 0.0385. The van der Waals surface area contributed by atoms with Gasteiger partial charge in [-0.25, -0.2) is 0 Å². The Morgan fingerprint density at radius 3 is 2.55 bits per heavy atom. The fourth-order valence-corrected chi connectivity index (χ4v) is 0.982. The molecule has 0 fully saturated rings. The molecule has 0 aromatic rings. The molecule has 0 aliphatic heterocycles. The topological polar surface area (TPSA) is 66.5 Å². The average Bonchev–Trinajstić information content (AvgIpc) is 2.00. The van der Waals surface area contributed by atoms with E-state index in [0.29, 0.717) is 6.42 Å². The maximum Gasteiger partial charge on any atom is 0.0583 e. The van der Waals surface area contributed by atoms with Gasteiger partial charge in [0.05, 0.1) is 12.7 Å². The van der Waals surface area contributed by atoms with Crippen LogP contribution in [0.2, 0.25) is 0 Å². The van der Waals surface area contributed by atoms with Crippen LogP contribution in [-0.4, -0.2) is 29.0 Å². The highest BCUT2D eigenvalue weighted by Crippen LogP contribution is 2.05. The molecule has 0 saturated heterocycles. The summed E-state index contributed by atoms with van der Waals surface area (Å²) < 4.78 is 0. The molecule has 0 saturated carbocycles. The molecule has 0 amide bonds. The highest BCUT2D eigenvalue weighted by atomic mass is 16.3. The first-order valence-electron chi connectivity index (χ1n) is 4.25. The number of aliphatic hydroxyl groups excluding tert-OH is 2. The van der Waals surface area contributed by atoms with Gasteiger partial charge in [-0.1, -0.05) is 19.8 Å². The Morgan fingerprint density at radius 1 is 1.45 bits per heavy atom. The van der Waals surface area contributed by atoms with Crippen molar-refractivity contribution in [2.24, 2.45) is 5.73 Å². The van der Waals surface area contributed by atoms with Gasteiger partial charge in [0, 0.05) is 6.04 Å². The van der Waals surface area contributed by atoms with Crippen LogP contribution >= 0.6 is 0 Å². The standard InChI is InChI=1S/C8H19NO2/c1-2-3-4-8(11)5-7(9)6-10/h7-8,10-11H,2-6,9H2,1H3. The Hall–Kier alpha value is -0.120. The van der Waals surface area contributed by atoms with E-state index in [-0.39, 0.29) is 18.8 Å². The van der Waals surface area contributed by atoms with Crippen molar-refractivity contribution in [1.82, 2.24) is 0 Å². The van der Waals surface area contributed by atoms with Crippen LogP contribution in [0.3, 0.4) is 0 Å². The van der Waals surface area contributed by atoms with Crippen LogP contribution in [0.15, 0.2) is 0 Å². The summed E-state index contributed by atoms with van der Waals surface area (Å²) >= 11 is 0. The molecule has 0 bridgehead atoms. The van der Waals surface area contributed by atoms with Crippen LogP contribution in [0.25, 0.3) is 0 Å². The fourth-order valence-electron chi connectivity index (χ4n) is 0.982. The van der Waals surface area contributed by atoms with Crippen molar-refractivity contribution in [3.8, 4) is 0 Å². The van der Waals surface area contributed by atoms with E-state index in [1.165, 1.54) is 0 Å². The first kappa shape index (κ1) is 10.9. The maximum atomic E-state index is 9.29. The van der Waals surface area contributed by atoms with Crippen LogP contribution in [0.5, 0.6) is 0 Å². The Balaban J connectivity index is 3.27. The lowest BCUT2D eigenvalue weighted by molar-refractivity contribution is 0.128. The molecule has 2 unspecified atom stereocenters. The van der Waals surface area contributed by atoms with Crippen LogP contribution in [-0.2, 0) is 0 Å². The summed E-state index contributed by atoms with van der Waals surface area (Å²) in [7, 11) is 0. The van der Waals surface area contributed by atoms with Gasteiger partial charge < -0.3 is 15.9 Å². The molecular formula is C8H19NO2. The summed E-state index contributed by atoms with van der Waals surface area (Å²) in [5.74, 6) is 0. The zero-order valence-corrected chi connectivity index (χ0v) is 7.16. The number of rotatable bonds is 6. The van der Waals surface area contributed by atoms with Crippen LogP contribution in [0, 0.1) is 0 Å². The Bertz CT molecular complexity index is 88.2. The van der Waals surface area contributed by atoms with E-state index in [1.54, 1.807) is 0 Å². The van der Waals surface area contributed by atoms with E-state index in [1.807, 2.05) is 0 Å². The van der Waals surface area contributed by atoms with Crippen LogP contribution in [0.4, 0.5) is 0 Å². The second-order valence-corrected chi connectivity index (χ2v) is 2.97. The van der Waals surface area contributed by atoms with Gasteiger partial charge >= 0.3 is 0 Å². The summed E-state index contributed by atoms with van der Waals surface area (Å²) in [5.41, 5.74) is 5.44. The van der Waals surface area contributed by atoms with E-state index >= 15 is 0 Å². The van der Waals surface area contributed by atoms with Crippen molar-refractivity contribution in [3.05, 3.63) is 0 Å². The third kappa shape index (κ3) is 6.28. The number of hydrogen-bond acceptors (Lipinski definition) is 3. The molecule has 4 N–H and O–H groups in total. The van der Waals surface area contributed by atoms with Gasteiger partial charge in [-0.05, 0) is 12.8 Å². The molecule has 0 aliphatic rings. The van der Waals surface area contributed by atoms with E-state index < -0.39 is 0 Å². The molecule has 0 aromatic heterocycles. The van der Waals surface area contributed by atoms with Gasteiger partial charge in [0.15, 0.2) is 0 Å². The molecule has 2 atom stereocenters. The van der Waals surface area contributed by atoms with Crippen LogP contribution in [0.1, 0.15) is 32.6 Å². The fraction of sp³-hybridized carbons (Fsp3) is 1.00. The summed E-state index contributed by atoms with van der Waals surface area (Å²) in [6.07, 6.45) is 3.09. The normalized spacial score (nSPS) is 16.4. The lowest BCUT2D eigenvalue weighted by Gasteiger charge is -2.13. The van der Waals surface area contributed by atoms with E-state index in [9.17, 15) is 5.11 Å². The summed E-state index contributed by atoms with van der Waals surface area (Å²) in [5, 5.41) is 17.9. The number of unbranched alkanes of at least 4 members (excludes halogenated alkanes) is 1. The van der Waals surface area contributed by atoms with E-state index in [2.05, 4.69) is 6.92 Å². The van der Waals surface area contributed by atoms with E-state index in [0.717, 1.165) is 19.3 Å². The van der Waals surface area contributed by atoms with Crippen molar-refractivity contribution in [3.63, 3.8) is 0 Å². The van der Waals surface area contributed by atoms with Crippen molar-refractivity contribution in [1.29, 1.82) is 0 Å². The predicted octanol–water partition coefficient (Wildman–Crippen LogP) is 0.247. The second kappa shape index (κ2) is 6.58. The SMILES string of the molecule is CCCCC(O)CC(N)CO. The molecule has 11 heavy (non-hydrogen) atoms. The maximum absolute atomic E-state index is 9.29. The largest absolute Gasteiger partial charge is 0.395 e. The molecular weight excluding hydrogens is 142 g/mol. The van der Waals surface area contributed by atoms with Crippen molar-refractivity contribution >= 4 is 0 Å². The van der Waals surface area contributed by atoms with Gasteiger partial charge in [0.2, 0.25) is 0 Å². The average molecular weight is 161 g/mol. The van der Waals surface area contributed by atoms with Crippen molar-refractivity contribution < 1.29 is 10.2 Å². The molecule has 0 aliphatic carbocycles. The molecule has 0 rings (SSSR count). The highest BCUT2D eigenvalue weighted by molar-refractivity contribution is 4.65.